The van der Waals surface area contributed by atoms with Gasteiger partial charge in [0.1, 0.15) is 17.6 Å². The van der Waals surface area contributed by atoms with Gasteiger partial charge in [0.15, 0.2) is 0 Å². The van der Waals surface area contributed by atoms with Crippen molar-refractivity contribution in [1.82, 2.24) is 14.7 Å². The summed E-state index contributed by atoms with van der Waals surface area (Å²) in [5, 5.41) is 8.57. The van der Waals surface area contributed by atoms with Crippen molar-refractivity contribution >= 4 is 11.8 Å². The van der Waals surface area contributed by atoms with Crippen LogP contribution in [-0.4, -0.2) is 76.9 Å². The second-order valence-corrected chi connectivity index (χ2v) is 8.22. The Morgan fingerprint density at radius 1 is 1.14 bits per heavy atom. The zero-order valence-electron chi connectivity index (χ0n) is 17.8. The Bertz CT molecular complexity index is 666. The van der Waals surface area contributed by atoms with Crippen LogP contribution in [0.15, 0.2) is 24.3 Å². The van der Waals surface area contributed by atoms with E-state index in [0.717, 1.165) is 64.6 Å². The number of hydrogen-bond acceptors (Lipinski definition) is 4. The van der Waals surface area contributed by atoms with Gasteiger partial charge in [-0.3, -0.25) is 9.59 Å². The largest absolute Gasteiger partial charge is 0.508 e. The fourth-order valence-corrected chi connectivity index (χ4v) is 3.98. The lowest BCUT2D eigenvalue weighted by atomic mass is 10.2. The number of aromatic hydroxyl groups is 1. The Morgan fingerprint density at radius 3 is 2.48 bits per heavy atom. The Kier molecular flexibility index (Phi) is 8.89. The first-order valence-corrected chi connectivity index (χ1v) is 10.5. The van der Waals surface area contributed by atoms with Crippen LogP contribution >= 0.6 is 0 Å². The highest BCUT2D eigenvalue weighted by Gasteiger charge is 2.35. The molecule has 0 aliphatic carbocycles. The minimum Gasteiger partial charge on any atom is -0.508 e. The summed E-state index contributed by atoms with van der Waals surface area (Å²) in [5.41, 5.74) is 0. The molecule has 2 fully saturated rings. The Morgan fingerprint density at radius 2 is 1.90 bits per heavy atom. The molecule has 1 atom stereocenters. The van der Waals surface area contributed by atoms with Gasteiger partial charge < -0.3 is 19.8 Å². The SMILES string of the molecule is CC(=O)N1CCC[C@@H]1C(=O)N1CCCN(CC(C)C)CC1.Oc1cccc(F)c1. The lowest BCUT2D eigenvalue weighted by molar-refractivity contribution is -0.142. The molecule has 6 nitrogen and oxygen atoms in total. The molecule has 0 saturated carbocycles. The topological polar surface area (TPSA) is 64.1 Å². The monoisotopic (exact) mass is 407 g/mol. The number of nitrogens with zero attached hydrogens (tertiary/aromatic N) is 3. The molecule has 2 aliphatic rings. The van der Waals surface area contributed by atoms with Crippen molar-refractivity contribution in [3.63, 3.8) is 0 Å². The maximum Gasteiger partial charge on any atom is 0.245 e. The van der Waals surface area contributed by atoms with Crippen LogP contribution in [-0.2, 0) is 9.59 Å². The maximum absolute atomic E-state index is 12.7. The van der Waals surface area contributed by atoms with Crippen LogP contribution in [0, 0.1) is 11.7 Å². The van der Waals surface area contributed by atoms with E-state index >= 15 is 0 Å². The number of amides is 2. The third-order valence-electron chi connectivity index (χ3n) is 5.27. The maximum atomic E-state index is 12.7. The van der Waals surface area contributed by atoms with Crippen molar-refractivity contribution in [3.8, 4) is 5.75 Å². The molecule has 29 heavy (non-hydrogen) atoms. The Balaban J connectivity index is 0.000000313. The molecule has 162 valence electrons. The molecule has 3 rings (SSSR count). The highest BCUT2D eigenvalue weighted by molar-refractivity contribution is 5.87. The number of carbonyl (C=O) groups is 2. The molecule has 2 aliphatic heterocycles. The van der Waals surface area contributed by atoms with E-state index in [1.807, 2.05) is 4.90 Å². The van der Waals surface area contributed by atoms with Crippen molar-refractivity contribution in [2.24, 2.45) is 5.92 Å². The number of carbonyl (C=O) groups excluding carboxylic acids is 2. The molecule has 2 saturated heterocycles. The molecular weight excluding hydrogens is 373 g/mol. The summed E-state index contributed by atoms with van der Waals surface area (Å²) in [6.07, 6.45) is 2.80. The smallest absolute Gasteiger partial charge is 0.245 e. The number of benzene rings is 1. The van der Waals surface area contributed by atoms with Gasteiger partial charge >= 0.3 is 0 Å². The lowest BCUT2D eigenvalue weighted by Gasteiger charge is -2.29. The van der Waals surface area contributed by atoms with Crippen molar-refractivity contribution in [2.45, 2.75) is 46.1 Å². The third-order valence-corrected chi connectivity index (χ3v) is 5.27. The molecule has 1 aromatic rings. The molecule has 0 unspecified atom stereocenters. The van der Waals surface area contributed by atoms with E-state index in [4.69, 9.17) is 5.11 Å². The quantitative estimate of drug-likeness (QED) is 0.837. The predicted octanol–water partition coefficient (Wildman–Crippen LogP) is 2.72. The number of phenols is 1. The van der Waals surface area contributed by atoms with E-state index in [1.54, 1.807) is 11.8 Å². The van der Waals surface area contributed by atoms with E-state index in [-0.39, 0.29) is 23.6 Å². The van der Waals surface area contributed by atoms with Crippen LogP contribution in [0.1, 0.15) is 40.0 Å². The van der Waals surface area contributed by atoms with Gasteiger partial charge in [-0.25, -0.2) is 4.39 Å². The molecule has 0 aromatic heterocycles. The zero-order chi connectivity index (χ0) is 21.4. The van der Waals surface area contributed by atoms with Gasteiger partial charge in [0.25, 0.3) is 0 Å². The summed E-state index contributed by atoms with van der Waals surface area (Å²) in [4.78, 5) is 30.5. The molecule has 1 aromatic carbocycles. The van der Waals surface area contributed by atoms with Crippen LogP contribution < -0.4 is 0 Å². The zero-order valence-corrected chi connectivity index (χ0v) is 17.8. The first-order valence-electron chi connectivity index (χ1n) is 10.5. The van der Waals surface area contributed by atoms with Gasteiger partial charge in [-0.15, -0.1) is 0 Å². The highest BCUT2D eigenvalue weighted by Crippen LogP contribution is 2.20. The molecule has 0 radical (unpaired) electrons. The second-order valence-electron chi connectivity index (χ2n) is 8.22. The van der Waals surface area contributed by atoms with Gasteiger partial charge in [-0.05, 0) is 43.9 Å². The van der Waals surface area contributed by atoms with Crippen LogP contribution in [0.2, 0.25) is 0 Å². The third kappa shape index (κ3) is 7.31. The lowest BCUT2D eigenvalue weighted by Crippen LogP contribution is -2.48. The predicted molar refractivity (Wildman–Crippen MR) is 111 cm³/mol. The van der Waals surface area contributed by atoms with Crippen LogP contribution in [0.25, 0.3) is 0 Å². The summed E-state index contributed by atoms with van der Waals surface area (Å²) < 4.78 is 12.0. The average molecular weight is 408 g/mol. The van der Waals surface area contributed by atoms with E-state index in [1.165, 1.54) is 18.2 Å². The first-order chi connectivity index (χ1) is 13.8. The van der Waals surface area contributed by atoms with Gasteiger partial charge in [0.2, 0.25) is 11.8 Å². The van der Waals surface area contributed by atoms with Crippen molar-refractivity contribution in [3.05, 3.63) is 30.1 Å². The summed E-state index contributed by atoms with van der Waals surface area (Å²) in [6, 6.07) is 4.99. The molecule has 2 amide bonds. The summed E-state index contributed by atoms with van der Waals surface area (Å²) in [7, 11) is 0. The van der Waals surface area contributed by atoms with Crippen molar-refractivity contribution in [2.75, 3.05) is 39.3 Å². The normalized spacial score (nSPS) is 20.2. The summed E-state index contributed by atoms with van der Waals surface area (Å²) in [6.45, 7) is 11.5. The van der Waals surface area contributed by atoms with Crippen LogP contribution in [0.3, 0.4) is 0 Å². The molecule has 1 N–H and O–H groups in total. The van der Waals surface area contributed by atoms with E-state index < -0.39 is 5.82 Å². The average Bonchev–Trinajstić information content (AvgIpc) is 3.03. The van der Waals surface area contributed by atoms with Gasteiger partial charge in [-0.1, -0.05) is 19.9 Å². The number of halogens is 1. The molecule has 7 heteroatoms. The fourth-order valence-electron chi connectivity index (χ4n) is 3.98. The molecule has 0 bridgehead atoms. The summed E-state index contributed by atoms with van der Waals surface area (Å²) >= 11 is 0. The fraction of sp³-hybridized carbons (Fsp3) is 0.636. The van der Waals surface area contributed by atoms with E-state index in [2.05, 4.69) is 18.7 Å². The van der Waals surface area contributed by atoms with E-state index in [0.29, 0.717) is 5.92 Å². The standard InChI is InChI=1S/C16H29N3O2.C6H5FO/c1-13(2)12-17-7-5-8-18(11-10-17)16(21)15-6-4-9-19(15)14(3)20;7-5-2-1-3-6(8)4-5/h13,15H,4-12H2,1-3H3;1-4,8H/t15-;/m1./s1. The van der Waals surface area contributed by atoms with Crippen molar-refractivity contribution < 1.29 is 19.1 Å². The Labute approximate surface area is 173 Å². The second kappa shape index (κ2) is 11.1. The molecule has 2 heterocycles. The minimum absolute atomic E-state index is 0.0297. The first kappa shape index (κ1) is 23.1. The molecule has 0 spiro atoms. The van der Waals surface area contributed by atoms with Gasteiger partial charge in [0.05, 0.1) is 0 Å². The number of phenolic OH excluding ortho intramolecular Hbond substituents is 1. The number of rotatable bonds is 3. The Hall–Kier alpha value is -2.15. The molecular formula is C22H34FN3O3. The van der Waals surface area contributed by atoms with Crippen LogP contribution in [0.4, 0.5) is 4.39 Å². The minimum atomic E-state index is -0.412. The highest BCUT2D eigenvalue weighted by atomic mass is 19.1. The van der Waals surface area contributed by atoms with Crippen LogP contribution in [0.5, 0.6) is 5.75 Å². The van der Waals surface area contributed by atoms with Gasteiger partial charge in [0, 0.05) is 45.7 Å². The number of likely N-dealkylation sites (tertiary alicyclic amines) is 1. The summed E-state index contributed by atoms with van der Waals surface area (Å²) in [5.74, 6) is 0.404. The van der Waals surface area contributed by atoms with E-state index in [9.17, 15) is 14.0 Å². The van der Waals surface area contributed by atoms with Crippen molar-refractivity contribution in [1.29, 1.82) is 0 Å². The number of hydrogen-bond donors (Lipinski definition) is 1. The van der Waals surface area contributed by atoms with Gasteiger partial charge in [-0.2, -0.15) is 0 Å².